The molecule has 2 saturated heterocycles. The molecule has 13 nitrogen and oxygen atoms in total. The molecular formula is C16H26O13. The van der Waals surface area contributed by atoms with Gasteiger partial charge < -0.3 is 54.3 Å². The van der Waals surface area contributed by atoms with Crippen molar-refractivity contribution in [2.75, 3.05) is 19.8 Å². The Bertz CT molecular complexity index is 585. The maximum Gasteiger partial charge on any atom is 0.303 e. The zero-order valence-electron chi connectivity index (χ0n) is 15.8. The third-order valence-corrected chi connectivity index (χ3v) is 4.62. The fraction of sp³-hybridized carbons (Fsp3) is 0.875. The summed E-state index contributed by atoms with van der Waals surface area (Å²) in [5.74, 6) is -3.82. The first kappa shape index (κ1) is 23.9. The zero-order chi connectivity index (χ0) is 21.9. The van der Waals surface area contributed by atoms with Gasteiger partial charge in [-0.05, 0) is 0 Å². The molecule has 2 aliphatic heterocycles. The second kappa shape index (κ2) is 9.59. The Kier molecular flexibility index (Phi) is 7.89. The van der Waals surface area contributed by atoms with E-state index in [-0.39, 0.29) is 0 Å². The highest BCUT2D eigenvalue weighted by Crippen LogP contribution is 2.36. The fourth-order valence-electron chi connectivity index (χ4n) is 3.13. The van der Waals surface area contributed by atoms with E-state index in [1.165, 1.54) is 0 Å². The van der Waals surface area contributed by atoms with Crippen molar-refractivity contribution in [2.45, 2.75) is 68.7 Å². The minimum Gasteiger partial charge on any atom is -0.463 e. The average molecular weight is 426 g/mol. The van der Waals surface area contributed by atoms with Gasteiger partial charge in [-0.25, -0.2) is 0 Å². The Morgan fingerprint density at radius 2 is 1.62 bits per heavy atom. The summed E-state index contributed by atoms with van der Waals surface area (Å²) in [6.45, 7) is -0.0540. The average Bonchev–Trinajstić information content (AvgIpc) is 2.90. The second-order valence-corrected chi connectivity index (χ2v) is 6.76. The molecule has 29 heavy (non-hydrogen) atoms. The van der Waals surface area contributed by atoms with Crippen LogP contribution in [0.25, 0.3) is 0 Å². The molecule has 0 radical (unpaired) electrons. The van der Waals surface area contributed by atoms with E-state index in [2.05, 4.69) is 0 Å². The number of rotatable bonds is 7. The summed E-state index contributed by atoms with van der Waals surface area (Å²) < 4.78 is 25.6. The lowest BCUT2D eigenvalue weighted by molar-refractivity contribution is -0.383. The summed E-state index contributed by atoms with van der Waals surface area (Å²) in [5.41, 5.74) is 0. The molecule has 2 aliphatic rings. The summed E-state index contributed by atoms with van der Waals surface area (Å²) in [4.78, 5) is 22.2. The molecule has 0 spiro atoms. The van der Waals surface area contributed by atoms with E-state index in [1.807, 2.05) is 0 Å². The van der Waals surface area contributed by atoms with Crippen LogP contribution in [0.5, 0.6) is 0 Å². The summed E-state index contributed by atoms with van der Waals surface area (Å²) in [6.07, 6.45) is -12.8. The topological polar surface area (TPSA) is 202 Å². The van der Waals surface area contributed by atoms with E-state index in [4.69, 9.17) is 23.7 Å². The van der Waals surface area contributed by atoms with Crippen molar-refractivity contribution in [2.24, 2.45) is 0 Å². The highest BCUT2D eigenvalue weighted by molar-refractivity contribution is 5.66. The Balaban J connectivity index is 2.21. The van der Waals surface area contributed by atoms with Crippen LogP contribution in [0, 0.1) is 0 Å². The molecule has 0 aliphatic carbocycles. The van der Waals surface area contributed by atoms with Crippen molar-refractivity contribution >= 4 is 11.9 Å². The van der Waals surface area contributed by atoms with Gasteiger partial charge in [0.1, 0.15) is 49.8 Å². The number of aliphatic hydroxyl groups excluding tert-OH is 6. The van der Waals surface area contributed by atoms with Crippen molar-refractivity contribution < 1.29 is 63.9 Å². The molecule has 0 aromatic rings. The van der Waals surface area contributed by atoms with Gasteiger partial charge in [0.25, 0.3) is 0 Å². The SMILES string of the molecule is CC(=O)OC[C@H]1O[C@@](CO)(O[C@@H]2O[C@H](CO)[C@@H](O)[C@H](OC(C)=O)[C@H]2O)[C@@H](O)[C@@H]1O. The lowest BCUT2D eigenvalue weighted by atomic mass is 9.98. The summed E-state index contributed by atoms with van der Waals surface area (Å²) in [5, 5.41) is 60.1. The largest absolute Gasteiger partial charge is 0.463 e. The molecule has 0 amide bonds. The number of hydrogen-bond acceptors (Lipinski definition) is 13. The van der Waals surface area contributed by atoms with Crippen LogP contribution in [0.4, 0.5) is 0 Å². The van der Waals surface area contributed by atoms with Crippen LogP contribution in [0.2, 0.25) is 0 Å². The van der Waals surface area contributed by atoms with Crippen LogP contribution in [-0.4, -0.2) is 117 Å². The first-order chi connectivity index (χ1) is 13.6. The van der Waals surface area contributed by atoms with Crippen molar-refractivity contribution in [1.82, 2.24) is 0 Å². The highest BCUT2D eigenvalue weighted by Gasteiger charge is 2.59. The molecule has 168 valence electrons. The minimum atomic E-state index is -2.31. The zero-order valence-corrected chi connectivity index (χ0v) is 15.8. The van der Waals surface area contributed by atoms with Crippen molar-refractivity contribution in [3.8, 4) is 0 Å². The van der Waals surface area contributed by atoms with Crippen LogP contribution in [0.15, 0.2) is 0 Å². The van der Waals surface area contributed by atoms with Gasteiger partial charge >= 0.3 is 11.9 Å². The quantitative estimate of drug-likeness (QED) is 0.214. The van der Waals surface area contributed by atoms with Crippen molar-refractivity contribution in [3.63, 3.8) is 0 Å². The predicted molar refractivity (Wildman–Crippen MR) is 87.7 cm³/mol. The molecule has 0 saturated carbocycles. The van der Waals surface area contributed by atoms with Crippen molar-refractivity contribution in [1.29, 1.82) is 0 Å². The smallest absolute Gasteiger partial charge is 0.303 e. The summed E-state index contributed by atoms with van der Waals surface area (Å²) in [7, 11) is 0. The fourth-order valence-corrected chi connectivity index (χ4v) is 3.13. The Hall–Kier alpha value is -1.42. The first-order valence-corrected chi connectivity index (χ1v) is 8.82. The standard InChI is InChI=1S/C16H26O13/c1-6(19)25-4-9-11(22)14(24)16(5-18,28-9)29-15-12(23)13(26-7(2)20)10(21)8(3-17)27-15/h8-15,17-18,21-24H,3-5H2,1-2H3/t8-,9-,10-,11-,12-,13+,14+,15+,16+/m1/s1. The second-order valence-electron chi connectivity index (χ2n) is 6.76. The predicted octanol–water partition coefficient (Wildman–Crippen LogP) is -4.25. The molecule has 0 unspecified atom stereocenters. The van der Waals surface area contributed by atoms with Crippen LogP contribution >= 0.6 is 0 Å². The van der Waals surface area contributed by atoms with Gasteiger partial charge in [0, 0.05) is 13.8 Å². The van der Waals surface area contributed by atoms with Gasteiger partial charge in [0.2, 0.25) is 5.79 Å². The molecular weight excluding hydrogens is 400 g/mol. The molecule has 2 heterocycles. The number of carbonyl (C=O) groups is 2. The lowest BCUT2D eigenvalue weighted by Gasteiger charge is -2.44. The molecule has 6 N–H and O–H groups in total. The van der Waals surface area contributed by atoms with Crippen LogP contribution in [0.3, 0.4) is 0 Å². The van der Waals surface area contributed by atoms with Gasteiger partial charge in [-0.2, -0.15) is 0 Å². The maximum atomic E-state index is 11.3. The van der Waals surface area contributed by atoms with Gasteiger partial charge in [-0.1, -0.05) is 0 Å². The Morgan fingerprint density at radius 3 is 2.14 bits per heavy atom. The molecule has 2 fully saturated rings. The number of hydrogen-bond donors (Lipinski definition) is 6. The Labute approximate surface area is 165 Å². The number of ether oxygens (including phenoxy) is 5. The molecule has 2 rings (SSSR count). The van der Waals surface area contributed by atoms with Crippen LogP contribution < -0.4 is 0 Å². The third kappa shape index (κ3) is 5.02. The summed E-state index contributed by atoms with van der Waals surface area (Å²) in [6, 6.07) is 0. The highest BCUT2D eigenvalue weighted by atomic mass is 16.8. The van der Waals surface area contributed by atoms with E-state index in [9.17, 15) is 40.2 Å². The lowest BCUT2D eigenvalue weighted by Crippen LogP contribution is -2.63. The number of aliphatic hydroxyl groups is 6. The van der Waals surface area contributed by atoms with Gasteiger partial charge in [0.15, 0.2) is 12.4 Å². The van der Waals surface area contributed by atoms with Crippen LogP contribution in [0.1, 0.15) is 13.8 Å². The minimum absolute atomic E-state index is 0.458. The van der Waals surface area contributed by atoms with Crippen molar-refractivity contribution in [3.05, 3.63) is 0 Å². The molecule has 13 heteroatoms. The molecule has 9 atom stereocenters. The van der Waals surface area contributed by atoms with Crippen LogP contribution in [-0.2, 0) is 33.3 Å². The maximum absolute atomic E-state index is 11.3. The third-order valence-electron chi connectivity index (χ3n) is 4.62. The van der Waals surface area contributed by atoms with Gasteiger partial charge in [-0.3, -0.25) is 9.59 Å². The van der Waals surface area contributed by atoms with Gasteiger partial charge in [0.05, 0.1) is 6.61 Å². The molecule has 0 bridgehead atoms. The first-order valence-electron chi connectivity index (χ1n) is 8.82. The Morgan fingerprint density at radius 1 is 0.966 bits per heavy atom. The van der Waals surface area contributed by atoms with E-state index in [0.29, 0.717) is 0 Å². The normalized spacial score (nSPS) is 42.5. The van der Waals surface area contributed by atoms with E-state index in [1.54, 1.807) is 0 Å². The van der Waals surface area contributed by atoms with E-state index >= 15 is 0 Å². The molecule has 0 aromatic heterocycles. The molecule has 0 aromatic carbocycles. The summed E-state index contributed by atoms with van der Waals surface area (Å²) >= 11 is 0. The monoisotopic (exact) mass is 426 g/mol. The van der Waals surface area contributed by atoms with E-state index < -0.39 is 86.6 Å². The van der Waals surface area contributed by atoms with Gasteiger partial charge in [-0.15, -0.1) is 0 Å². The van der Waals surface area contributed by atoms with E-state index in [0.717, 1.165) is 13.8 Å². The number of carbonyl (C=O) groups excluding carboxylic acids is 2. The number of esters is 2.